The molecule has 0 saturated heterocycles. The highest BCUT2D eigenvalue weighted by atomic mass is 28.3. The maximum absolute atomic E-state index is 2.65. The van der Waals surface area contributed by atoms with Crippen LogP contribution in [-0.4, -0.2) is 22.9 Å². The van der Waals surface area contributed by atoms with Crippen molar-refractivity contribution in [1.29, 1.82) is 0 Å². The van der Waals surface area contributed by atoms with E-state index in [1.165, 1.54) is 87.2 Å². The smallest absolute Gasteiger partial charge is 0.252 e. The van der Waals surface area contributed by atoms with Crippen molar-refractivity contribution in [2.45, 2.75) is 20.0 Å². The second kappa shape index (κ2) is 9.87. The van der Waals surface area contributed by atoms with Crippen LogP contribution in [0.15, 0.2) is 158 Å². The number of aryl methyl sites for hydroxylation is 1. The van der Waals surface area contributed by atoms with Crippen molar-refractivity contribution in [3.8, 4) is 0 Å². The minimum atomic E-state index is -2.35. The van der Waals surface area contributed by atoms with Gasteiger partial charge in [0.05, 0.1) is 0 Å². The van der Waals surface area contributed by atoms with Crippen molar-refractivity contribution in [2.24, 2.45) is 0 Å². The number of rotatable bonds is 2. The standard InChI is InChI=1S/C45H35BN2Si2/c1-30-28-37-43-38(29-30)48-36-23-11-13-25-40(36)50(3,32-18-8-5-9-19-32)42-27-15-21-34(45(42)48)46(43)33-20-14-26-41-44(33)47(37)35-22-10-12-24-39(35)49(41,2)31-16-6-4-7-17-31/h4-29H,1-3H3. The molecular formula is C45H35BN2Si2. The van der Waals surface area contributed by atoms with Crippen molar-refractivity contribution in [2.75, 3.05) is 9.80 Å². The zero-order chi connectivity index (χ0) is 33.4. The minimum Gasteiger partial charge on any atom is -0.312 e. The van der Waals surface area contributed by atoms with Crippen LogP contribution in [-0.2, 0) is 0 Å². The number of benzene rings is 7. The molecule has 2 atom stereocenters. The molecule has 11 rings (SSSR count). The third-order valence-corrected chi connectivity index (χ3v) is 21.3. The number of hydrogen-bond acceptors (Lipinski definition) is 2. The van der Waals surface area contributed by atoms with Crippen LogP contribution in [0, 0.1) is 6.92 Å². The summed E-state index contributed by atoms with van der Waals surface area (Å²) < 4.78 is 0. The van der Waals surface area contributed by atoms with Crippen LogP contribution in [0.5, 0.6) is 0 Å². The molecular weight excluding hydrogens is 635 g/mol. The number of anilines is 6. The molecule has 4 aliphatic heterocycles. The maximum Gasteiger partial charge on any atom is 0.252 e. The fourth-order valence-electron chi connectivity index (χ4n) is 10.2. The van der Waals surface area contributed by atoms with E-state index in [1.54, 1.807) is 0 Å². The molecule has 0 fully saturated rings. The second-order valence-corrected chi connectivity index (χ2v) is 22.6. The Balaban J connectivity index is 1.28. The lowest BCUT2D eigenvalue weighted by atomic mass is 9.33. The summed E-state index contributed by atoms with van der Waals surface area (Å²) in [6.45, 7) is 7.57. The summed E-state index contributed by atoms with van der Waals surface area (Å²) in [4.78, 5) is 5.29. The van der Waals surface area contributed by atoms with Gasteiger partial charge in [0.2, 0.25) is 0 Å². The Morgan fingerprint density at radius 3 is 1.28 bits per heavy atom. The van der Waals surface area contributed by atoms with Crippen LogP contribution in [0.3, 0.4) is 0 Å². The zero-order valence-corrected chi connectivity index (χ0v) is 30.5. The van der Waals surface area contributed by atoms with E-state index in [0.29, 0.717) is 0 Å². The molecule has 4 aliphatic rings. The number of hydrogen-bond donors (Lipinski definition) is 0. The lowest BCUT2D eigenvalue weighted by molar-refractivity contribution is 1.24. The highest BCUT2D eigenvalue weighted by Gasteiger charge is 2.53. The third kappa shape index (κ3) is 3.35. The van der Waals surface area contributed by atoms with Gasteiger partial charge in [-0.25, -0.2) is 0 Å². The molecule has 4 heterocycles. The molecule has 7 aromatic carbocycles. The van der Waals surface area contributed by atoms with Crippen LogP contribution < -0.4 is 57.3 Å². The number of nitrogens with zero attached hydrogens (tertiary/aromatic N) is 2. The highest BCUT2D eigenvalue weighted by Crippen LogP contribution is 2.46. The van der Waals surface area contributed by atoms with Gasteiger partial charge in [0, 0.05) is 34.1 Å². The van der Waals surface area contributed by atoms with Crippen molar-refractivity contribution in [1.82, 2.24) is 0 Å². The summed E-state index contributed by atoms with van der Waals surface area (Å²) in [5.74, 6) is 0. The van der Waals surface area contributed by atoms with E-state index in [-0.39, 0.29) is 6.71 Å². The zero-order valence-electron chi connectivity index (χ0n) is 28.5. The summed E-state index contributed by atoms with van der Waals surface area (Å²) in [5, 5.41) is 8.91. The van der Waals surface area contributed by atoms with Gasteiger partial charge in [-0.2, -0.15) is 0 Å². The van der Waals surface area contributed by atoms with E-state index in [1.807, 2.05) is 0 Å². The van der Waals surface area contributed by atoms with E-state index in [4.69, 9.17) is 0 Å². The molecule has 0 spiro atoms. The van der Waals surface area contributed by atoms with E-state index < -0.39 is 16.1 Å². The van der Waals surface area contributed by atoms with Crippen LogP contribution in [0.2, 0.25) is 13.1 Å². The first kappa shape index (κ1) is 28.5. The van der Waals surface area contributed by atoms with E-state index >= 15 is 0 Å². The average Bonchev–Trinajstić information content (AvgIpc) is 3.17. The van der Waals surface area contributed by atoms with Crippen LogP contribution in [0.1, 0.15) is 5.56 Å². The van der Waals surface area contributed by atoms with Crippen LogP contribution >= 0.6 is 0 Å². The van der Waals surface area contributed by atoms with Gasteiger partial charge in [0.25, 0.3) is 6.71 Å². The quantitative estimate of drug-likeness (QED) is 0.242. The van der Waals surface area contributed by atoms with Gasteiger partial charge in [-0.05, 0) is 84.3 Å². The molecule has 0 bridgehead atoms. The average molecular weight is 671 g/mol. The summed E-state index contributed by atoms with van der Waals surface area (Å²) in [6.07, 6.45) is 0. The number of para-hydroxylation sites is 4. The lowest BCUT2D eigenvalue weighted by Gasteiger charge is -2.52. The van der Waals surface area contributed by atoms with Crippen molar-refractivity contribution < 1.29 is 0 Å². The first-order valence-electron chi connectivity index (χ1n) is 17.8. The first-order valence-corrected chi connectivity index (χ1v) is 22.8. The Bertz CT molecular complexity index is 2400. The molecule has 5 heteroatoms. The van der Waals surface area contributed by atoms with E-state index in [9.17, 15) is 0 Å². The molecule has 2 unspecified atom stereocenters. The fourth-order valence-corrected chi connectivity index (χ4v) is 18.3. The normalized spacial score (nSPS) is 19.9. The first-order chi connectivity index (χ1) is 24.5. The van der Waals surface area contributed by atoms with Gasteiger partial charge >= 0.3 is 0 Å². The molecule has 2 nitrogen and oxygen atoms in total. The van der Waals surface area contributed by atoms with Crippen molar-refractivity contribution in [3.05, 3.63) is 163 Å². The predicted octanol–water partition coefficient (Wildman–Crippen LogP) is 4.90. The fraction of sp³-hybridized carbons (Fsp3) is 0.0667. The molecule has 7 aromatic rings. The minimum absolute atomic E-state index is 0.136. The van der Waals surface area contributed by atoms with Crippen molar-refractivity contribution >= 4 is 104 Å². The summed E-state index contributed by atoms with van der Waals surface area (Å²) >= 11 is 0. The van der Waals surface area contributed by atoms with Crippen molar-refractivity contribution in [3.63, 3.8) is 0 Å². The molecule has 0 radical (unpaired) electrons. The van der Waals surface area contributed by atoms with Crippen LogP contribution in [0.4, 0.5) is 34.1 Å². The Morgan fingerprint density at radius 1 is 0.420 bits per heavy atom. The SMILES string of the molecule is Cc1cc2c3c(c1)N1c4ccccc4[Si](C)(c4ccccc4)c4cccc(c41)B3c1cccc3c1N2c1ccccc1[Si]3(C)c1ccccc1. The second-order valence-electron chi connectivity index (χ2n) is 14.8. The maximum atomic E-state index is 2.65. The summed E-state index contributed by atoms with van der Waals surface area (Å²) in [5.41, 5.74) is 13.7. The van der Waals surface area contributed by atoms with Gasteiger partial charge in [-0.1, -0.05) is 147 Å². The van der Waals surface area contributed by atoms with Gasteiger partial charge in [0.1, 0.15) is 0 Å². The Morgan fingerprint density at radius 2 is 0.820 bits per heavy atom. The Hall–Kier alpha value is -5.36. The Kier molecular flexibility index (Phi) is 5.62. The summed E-state index contributed by atoms with van der Waals surface area (Å²) in [6, 6.07) is 60.6. The number of fused-ring (bicyclic) bond motifs is 8. The van der Waals surface area contributed by atoms with Crippen LogP contribution in [0.25, 0.3) is 0 Å². The molecule has 0 aromatic heterocycles. The Labute approximate surface area is 296 Å². The predicted molar refractivity (Wildman–Crippen MR) is 219 cm³/mol. The lowest BCUT2D eigenvalue weighted by Crippen LogP contribution is -2.74. The topological polar surface area (TPSA) is 6.48 Å². The largest absolute Gasteiger partial charge is 0.312 e. The van der Waals surface area contributed by atoms with E-state index in [2.05, 4.69) is 188 Å². The summed E-state index contributed by atoms with van der Waals surface area (Å²) in [7, 11) is -4.71. The molecule has 236 valence electrons. The third-order valence-electron chi connectivity index (χ3n) is 12.4. The monoisotopic (exact) mass is 670 g/mol. The molecule has 0 aliphatic carbocycles. The van der Waals surface area contributed by atoms with Gasteiger partial charge in [0.15, 0.2) is 16.1 Å². The molecule has 0 N–H and O–H groups in total. The molecule has 0 saturated carbocycles. The molecule has 50 heavy (non-hydrogen) atoms. The van der Waals surface area contributed by atoms with Gasteiger partial charge in [-0.3, -0.25) is 0 Å². The van der Waals surface area contributed by atoms with Gasteiger partial charge < -0.3 is 9.80 Å². The van der Waals surface area contributed by atoms with E-state index in [0.717, 1.165) is 0 Å². The highest BCUT2D eigenvalue weighted by molar-refractivity contribution is 7.15. The molecule has 0 amide bonds. The van der Waals surface area contributed by atoms with Gasteiger partial charge in [-0.15, -0.1) is 0 Å².